The molecule has 11 heteroatoms. The van der Waals surface area contributed by atoms with E-state index in [1.165, 1.54) is 6.33 Å². The molecule has 2 unspecified atom stereocenters. The van der Waals surface area contributed by atoms with Crippen molar-refractivity contribution in [3.63, 3.8) is 0 Å². The van der Waals surface area contributed by atoms with Crippen LogP contribution in [0, 0.1) is 0 Å². The van der Waals surface area contributed by atoms with Crippen LogP contribution in [-0.4, -0.2) is 49.3 Å². The molecule has 0 radical (unpaired) electrons. The zero-order valence-electron chi connectivity index (χ0n) is 18.0. The summed E-state index contributed by atoms with van der Waals surface area (Å²) in [6, 6.07) is 10.1. The standard InChI is InChI=1S/C22H24N5O5P/c1-27(15-31-33(28,29)30)8-2-3-20(22(27)23)21-11-19(26-32-21)10-17-6-4-16(5-7-17)9-18-12-24-14-25-13-18/h2-8,11-14,22H,9-10,15,23H2,1H3,(H-,28,29,30)/p+1. The number of quaternary nitrogens is 1. The van der Waals surface area contributed by atoms with Crippen LogP contribution in [0.5, 0.6) is 0 Å². The van der Waals surface area contributed by atoms with Crippen LogP contribution in [0.15, 0.2) is 71.9 Å². The van der Waals surface area contributed by atoms with Crippen LogP contribution < -0.4 is 5.73 Å². The van der Waals surface area contributed by atoms with Gasteiger partial charge in [-0.2, -0.15) is 0 Å². The van der Waals surface area contributed by atoms with Crippen molar-refractivity contribution >= 4 is 13.4 Å². The third-order valence-electron chi connectivity index (χ3n) is 5.43. The molecule has 2 aromatic heterocycles. The fourth-order valence-corrected chi connectivity index (χ4v) is 3.97. The number of hydrogen-bond donors (Lipinski definition) is 3. The molecule has 1 aliphatic heterocycles. The molecule has 10 nitrogen and oxygen atoms in total. The minimum atomic E-state index is -4.62. The Labute approximate surface area is 190 Å². The molecule has 0 amide bonds. The summed E-state index contributed by atoms with van der Waals surface area (Å²) in [7, 11) is -2.91. The smallest absolute Gasteiger partial charge is 0.356 e. The lowest BCUT2D eigenvalue weighted by molar-refractivity contribution is -0.893. The van der Waals surface area contributed by atoms with Gasteiger partial charge in [-0.05, 0) is 28.8 Å². The number of aromatic nitrogens is 3. The van der Waals surface area contributed by atoms with Crippen LogP contribution in [-0.2, 0) is 21.9 Å². The zero-order chi connectivity index (χ0) is 23.5. The van der Waals surface area contributed by atoms with Crippen LogP contribution in [0.4, 0.5) is 0 Å². The maximum Gasteiger partial charge on any atom is 0.474 e. The summed E-state index contributed by atoms with van der Waals surface area (Å²) in [5.74, 6) is 0.503. The number of benzene rings is 1. The molecular formula is C22H25N5O5P+. The molecule has 0 spiro atoms. The molecule has 2 atom stereocenters. The van der Waals surface area contributed by atoms with Crippen LogP contribution >= 0.6 is 7.82 Å². The van der Waals surface area contributed by atoms with E-state index in [1.807, 2.05) is 6.07 Å². The lowest BCUT2D eigenvalue weighted by atomic mass is 10.0. The third-order valence-corrected chi connectivity index (χ3v) is 5.89. The minimum absolute atomic E-state index is 0.0547. The molecule has 0 saturated carbocycles. The van der Waals surface area contributed by atoms with E-state index in [0.717, 1.165) is 28.8 Å². The lowest BCUT2D eigenvalue weighted by Crippen LogP contribution is -2.55. The highest BCUT2D eigenvalue weighted by Gasteiger charge is 2.37. The Morgan fingerprint density at radius 3 is 2.45 bits per heavy atom. The number of rotatable bonds is 8. The first-order chi connectivity index (χ1) is 15.7. The Morgan fingerprint density at radius 1 is 1.12 bits per heavy atom. The first kappa shape index (κ1) is 23.2. The van der Waals surface area contributed by atoms with Crippen LogP contribution in [0.3, 0.4) is 0 Å². The quantitative estimate of drug-likeness (QED) is 0.334. The van der Waals surface area contributed by atoms with Gasteiger partial charge in [0.15, 0.2) is 18.7 Å². The predicted octanol–water partition coefficient (Wildman–Crippen LogP) is 2.36. The van der Waals surface area contributed by atoms with Crippen molar-refractivity contribution in [1.29, 1.82) is 0 Å². The molecule has 0 saturated heterocycles. The fourth-order valence-electron chi connectivity index (χ4n) is 3.58. The molecule has 0 aliphatic carbocycles. The van der Waals surface area contributed by atoms with E-state index in [-0.39, 0.29) is 11.2 Å². The molecule has 4 rings (SSSR count). The Kier molecular flexibility index (Phi) is 6.66. The Bertz CT molecular complexity index is 1210. The van der Waals surface area contributed by atoms with Gasteiger partial charge in [0.25, 0.3) is 0 Å². The first-order valence-electron chi connectivity index (χ1n) is 10.2. The van der Waals surface area contributed by atoms with Gasteiger partial charge in [0.2, 0.25) is 0 Å². The number of likely N-dealkylation sites (N-methyl/N-ethyl adjacent to an activating group) is 1. The summed E-state index contributed by atoms with van der Waals surface area (Å²) < 4.78 is 21.3. The summed E-state index contributed by atoms with van der Waals surface area (Å²) in [5.41, 5.74) is 11.1. The van der Waals surface area contributed by atoms with Crippen LogP contribution in [0.1, 0.15) is 28.1 Å². The van der Waals surface area contributed by atoms with Gasteiger partial charge in [-0.15, -0.1) is 0 Å². The number of phosphoric acid groups is 1. The molecule has 33 heavy (non-hydrogen) atoms. The molecule has 0 fully saturated rings. The van der Waals surface area contributed by atoms with Crippen LogP contribution in [0.25, 0.3) is 5.57 Å². The van der Waals surface area contributed by atoms with E-state index < -0.39 is 14.0 Å². The van der Waals surface area contributed by atoms with E-state index in [4.69, 9.17) is 20.0 Å². The summed E-state index contributed by atoms with van der Waals surface area (Å²) in [6.45, 7) is -0.290. The van der Waals surface area contributed by atoms with E-state index in [9.17, 15) is 4.57 Å². The van der Waals surface area contributed by atoms with Crippen molar-refractivity contribution in [3.8, 4) is 0 Å². The molecule has 0 bridgehead atoms. The second-order valence-electron chi connectivity index (χ2n) is 8.10. The Hall–Kier alpha value is -2.98. The fraction of sp³-hybridized carbons (Fsp3) is 0.227. The number of allylic oxidation sites excluding steroid dienone is 2. The monoisotopic (exact) mass is 470 g/mol. The normalized spacial score (nSPS) is 20.6. The van der Waals surface area contributed by atoms with Gasteiger partial charge < -0.3 is 14.3 Å². The predicted molar refractivity (Wildman–Crippen MR) is 120 cm³/mol. The van der Waals surface area contributed by atoms with Gasteiger partial charge >= 0.3 is 7.82 Å². The van der Waals surface area contributed by atoms with Crippen LogP contribution in [0.2, 0.25) is 0 Å². The number of hydrogen-bond acceptors (Lipinski definition) is 7. The molecule has 3 heterocycles. The average Bonchev–Trinajstić information content (AvgIpc) is 3.24. The van der Waals surface area contributed by atoms with Gasteiger partial charge in [0.1, 0.15) is 6.33 Å². The van der Waals surface area contributed by atoms with Crippen molar-refractivity contribution in [1.82, 2.24) is 15.1 Å². The average molecular weight is 470 g/mol. The largest absolute Gasteiger partial charge is 0.474 e. The van der Waals surface area contributed by atoms with Gasteiger partial charge in [-0.1, -0.05) is 29.4 Å². The summed E-state index contributed by atoms with van der Waals surface area (Å²) in [6.07, 6.45) is 11.1. The van der Waals surface area contributed by atoms with E-state index in [1.54, 1.807) is 37.8 Å². The lowest BCUT2D eigenvalue weighted by Gasteiger charge is -2.37. The Morgan fingerprint density at radius 2 is 1.79 bits per heavy atom. The molecule has 3 aromatic rings. The van der Waals surface area contributed by atoms with Crippen molar-refractivity contribution < 1.29 is 27.9 Å². The first-order valence-corrected chi connectivity index (χ1v) is 11.7. The van der Waals surface area contributed by atoms with Gasteiger partial charge in [0, 0.05) is 31.3 Å². The summed E-state index contributed by atoms with van der Waals surface area (Å²) in [5, 5.41) is 4.17. The zero-order valence-corrected chi connectivity index (χ0v) is 18.9. The third kappa shape index (κ3) is 5.88. The second-order valence-corrected chi connectivity index (χ2v) is 9.34. The molecule has 4 N–H and O–H groups in total. The Balaban J connectivity index is 1.42. The highest BCUT2D eigenvalue weighted by molar-refractivity contribution is 7.46. The van der Waals surface area contributed by atoms with Crippen molar-refractivity contribution in [2.75, 3.05) is 13.8 Å². The van der Waals surface area contributed by atoms with Gasteiger partial charge in [0.05, 0.1) is 24.5 Å². The van der Waals surface area contributed by atoms with Gasteiger partial charge in [-0.25, -0.2) is 19.1 Å². The SMILES string of the molecule is C[N+]1(COP(=O)(O)O)C=CC=C(c2cc(Cc3ccc(Cc4cncnc4)cc3)no2)C1N. The number of nitrogens with zero attached hydrogens (tertiary/aromatic N) is 4. The van der Waals surface area contributed by atoms with Crippen molar-refractivity contribution in [2.24, 2.45) is 5.73 Å². The van der Waals surface area contributed by atoms with Crippen molar-refractivity contribution in [2.45, 2.75) is 19.0 Å². The van der Waals surface area contributed by atoms with E-state index in [0.29, 0.717) is 17.8 Å². The van der Waals surface area contributed by atoms with Gasteiger partial charge in [-0.3, -0.25) is 10.2 Å². The number of phosphoric ester groups is 1. The van der Waals surface area contributed by atoms with E-state index >= 15 is 0 Å². The summed E-state index contributed by atoms with van der Waals surface area (Å²) in [4.78, 5) is 26.1. The molecular weight excluding hydrogens is 445 g/mol. The maximum absolute atomic E-state index is 11.1. The van der Waals surface area contributed by atoms with Crippen molar-refractivity contribution in [3.05, 3.63) is 95.5 Å². The topological polar surface area (TPSA) is 145 Å². The summed E-state index contributed by atoms with van der Waals surface area (Å²) >= 11 is 0. The highest BCUT2D eigenvalue weighted by Crippen LogP contribution is 2.38. The molecule has 1 aromatic carbocycles. The van der Waals surface area contributed by atoms with E-state index in [2.05, 4.69) is 43.9 Å². The highest BCUT2D eigenvalue weighted by atomic mass is 31.2. The minimum Gasteiger partial charge on any atom is -0.356 e. The molecule has 172 valence electrons. The number of nitrogens with two attached hydrogens (primary N) is 1. The molecule has 1 aliphatic rings. The second kappa shape index (κ2) is 9.48. The maximum atomic E-state index is 11.1.